The first-order valence-corrected chi connectivity index (χ1v) is 8.23. The number of rotatable bonds is 9. The summed E-state index contributed by atoms with van der Waals surface area (Å²) in [6.45, 7) is 14.4. The summed E-state index contributed by atoms with van der Waals surface area (Å²) in [5.41, 5.74) is 0. The van der Waals surface area contributed by atoms with Gasteiger partial charge in [0.05, 0.1) is 6.10 Å². The first-order chi connectivity index (χ1) is 9.17. The van der Waals surface area contributed by atoms with Gasteiger partial charge in [-0.25, -0.2) is 0 Å². The zero-order chi connectivity index (χ0) is 14.1. The number of hydrogen-bond donors (Lipinski definition) is 1. The maximum atomic E-state index is 5.82. The van der Waals surface area contributed by atoms with E-state index in [1.54, 1.807) is 0 Å². The summed E-state index contributed by atoms with van der Waals surface area (Å²) in [5, 5.41) is 3.63. The predicted molar refractivity (Wildman–Crippen MR) is 82.6 cm³/mol. The molecule has 2 unspecified atom stereocenters. The quantitative estimate of drug-likeness (QED) is 0.697. The van der Waals surface area contributed by atoms with Crippen molar-refractivity contribution in [3.8, 4) is 0 Å². The summed E-state index contributed by atoms with van der Waals surface area (Å²) in [6, 6.07) is 0.687. The minimum absolute atomic E-state index is 0.461. The molecule has 0 aromatic rings. The fourth-order valence-electron chi connectivity index (χ4n) is 2.96. The largest absolute Gasteiger partial charge is 0.377 e. The van der Waals surface area contributed by atoms with Crippen LogP contribution >= 0.6 is 0 Å². The number of likely N-dealkylation sites (tertiary alicyclic amines) is 1. The summed E-state index contributed by atoms with van der Waals surface area (Å²) in [5.74, 6) is 0.736. The van der Waals surface area contributed by atoms with Crippen LogP contribution in [0, 0.1) is 5.92 Å². The van der Waals surface area contributed by atoms with E-state index in [-0.39, 0.29) is 0 Å². The van der Waals surface area contributed by atoms with Gasteiger partial charge in [0.1, 0.15) is 0 Å². The Morgan fingerprint density at radius 3 is 2.68 bits per heavy atom. The van der Waals surface area contributed by atoms with Crippen LogP contribution in [-0.2, 0) is 4.74 Å². The van der Waals surface area contributed by atoms with Crippen molar-refractivity contribution in [1.29, 1.82) is 0 Å². The molecule has 19 heavy (non-hydrogen) atoms. The Balaban J connectivity index is 2.40. The molecule has 0 saturated carbocycles. The molecule has 0 aliphatic carbocycles. The topological polar surface area (TPSA) is 24.5 Å². The Labute approximate surface area is 120 Å². The highest BCUT2D eigenvalue weighted by Crippen LogP contribution is 2.18. The van der Waals surface area contributed by atoms with Crippen molar-refractivity contribution in [2.24, 2.45) is 5.92 Å². The molecule has 1 N–H and O–H groups in total. The summed E-state index contributed by atoms with van der Waals surface area (Å²) in [7, 11) is 0. The van der Waals surface area contributed by atoms with Gasteiger partial charge in [0.2, 0.25) is 0 Å². The van der Waals surface area contributed by atoms with Gasteiger partial charge < -0.3 is 10.1 Å². The third kappa shape index (κ3) is 6.73. The van der Waals surface area contributed by atoms with Gasteiger partial charge in [0.25, 0.3) is 0 Å². The monoisotopic (exact) mass is 270 g/mol. The first-order valence-electron chi connectivity index (χ1n) is 8.23. The van der Waals surface area contributed by atoms with Crippen molar-refractivity contribution in [2.75, 3.05) is 32.8 Å². The number of piperidine rings is 1. The molecule has 114 valence electrons. The van der Waals surface area contributed by atoms with Crippen molar-refractivity contribution >= 4 is 0 Å². The van der Waals surface area contributed by atoms with Crippen molar-refractivity contribution in [3.63, 3.8) is 0 Å². The average molecular weight is 270 g/mol. The van der Waals surface area contributed by atoms with Gasteiger partial charge in [-0.15, -0.1) is 0 Å². The molecule has 1 aliphatic heterocycles. The fraction of sp³-hybridized carbons (Fsp3) is 1.00. The molecule has 0 amide bonds. The highest BCUT2D eigenvalue weighted by molar-refractivity contribution is 4.81. The molecule has 1 heterocycles. The van der Waals surface area contributed by atoms with E-state index < -0.39 is 0 Å². The van der Waals surface area contributed by atoms with Gasteiger partial charge in [0.15, 0.2) is 0 Å². The van der Waals surface area contributed by atoms with Gasteiger partial charge in [0, 0.05) is 25.7 Å². The molecular weight excluding hydrogens is 236 g/mol. The van der Waals surface area contributed by atoms with Gasteiger partial charge in [-0.3, -0.25) is 4.90 Å². The molecule has 0 radical (unpaired) electrons. The van der Waals surface area contributed by atoms with Crippen LogP contribution in [-0.4, -0.2) is 49.8 Å². The van der Waals surface area contributed by atoms with E-state index in [9.17, 15) is 0 Å². The van der Waals surface area contributed by atoms with Crippen molar-refractivity contribution in [1.82, 2.24) is 10.2 Å². The number of nitrogens with zero attached hydrogens (tertiary/aromatic N) is 1. The second-order valence-corrected chi connectivity index (χ2v) is 6.21. The number of ether oxygens (including phenoxy) is 1. The Bertz CT molecular complexity index is 219. The van der Waals surface area contributed by atoms with Gasteiger partial charge >= 0.3 is 0 Å². The van der Waals surface area contributed by atoms with E-state index in [0.717, 1.165) is 32.2 Å². The lowest BCUT2D eigenvalue weighted by molar-refractivity contribution is -0.00847. The normalized spacial score (nSPS) is 22.9. The Morgan fingerprint density at radius 1 is 1.26 bits per heavy atom. The van der Waals surface area contributed by atoms with Crippen LogP contribution in [0.25, 0.3) is 0 Å². The lowest BCUT2D eigenvalue weighted by Crippen LogP contribution is -2.49. The van der Waals surface area contributed by atoms with Crippen LogP contribution < -0.4 is 5.32 Å². The Morgan fingerprint density at radius 2 is 2.05 bits per heavy atom. The zero-order valence-corrected chi connectivity index (χ0v) is 13.5. The van der Waals surface area contributed by atoms with Crippen LogP contribution in [0.4, 0.5) is 0 Å². The van der Waals surface area contributed by atoms with Crippen LogP contribution in [0.2, 0.25) is 0 Å². The lowest BCUT2D eigenvalue weighted by Gasteiger charge is -2.38. The van der Waals surface area contributed by atoms with Crippen molar-refractivity contribution < 1.29 is 4.74 Å². The Hall–Kier alpha value is -0.120. The molecule has 1 fully saturated rings. The SMILES string of the molecule is CCCC(CNCC(C)C)N1CCCC(OCC)C1. The summed E-state index contributed by atoms with van der Waals surface area (Å²) in [4.78, 5) is 2.65. The lowest BCUT2D eigenvalue weighted by atomic mass is 10.0. The van der Waals surface area contributed by atoms with Gasteiger partial charge in [-0.2, -0.15) is 0 Å². The van der Waals surface area contributed by atoms with E-state index >= 15 is 0 Å². The van der Waals surface area contributed by atoms with E-state index in [1.807, 2.05) is 0 Å². The minimum atomic E-state index is 0.461. The van der Waals surface area contributed by atoms with Crippen molar-refractivity contribution in [3.05, 3.63) is 0 Å². The maximum Gasteiger partial charge on any atom is 0.0702 e. The zero-order valence-electron chi connectivity index (χ0n) is 13.5. The second kappa shape index (κ2) is 9.73. The molecule has 1 rings (SSSR count). The second-order valence-electron chi connectivity index (χ2n) is 6.21. The number of nitrogens with one attached hydrogen (secondary N) is 1. The Kier molecular flexibility index (Phi) is 8.67. The number of hydrogen-bond acceptors (Lipinski definition) is 3. The highest BCUT2D eigenvalue weighted by atomic mass is 16.5. The third-order valence-electron chi connectivity index (χ3n) is 3.88. The van der Waals surface area contributed by atoms with E-state index in [4.69, 9.17) is 4.74 Å². The molecular formula is C16H34N2O. The standard InChI is InChI=1S/C16H34N2O/c1-5-8-15(12-17-11-14(3)4)18-10-7-9-16(13-18)19-6-2/h14-17H,5-13H2,1-4H3. The minimum Gasteiger partial charge on any atom is -0.377 e. The maximum absolute atomic E-state index is 5.82. The summed E-state index contributed by atoms with van der Waals surface area (Å²) < 4.78 is 5.82. The van der Waals surface area contributed by atoms with Gasteiger partial charge in [-0.05, 0) is 45.2 Å². The van der Waals surface area contributed by atoms with Crippen molar-refractivity contribution in [2.45, 2.75) is 65.5 Å². The van der Waals surface area contributed by atoms with E-state index in [1.165, 1.54) is 32.2 Å². The summed E-state index contributed by atoms with van der Waals surface area (Å²) in [6.07, 6.45) is 5.55. The molecule has 0 aromatic heterocycles. The molecule has 3 heteroatoms. The third-order valence-corrected chi connectivity index (χ3v) is 3.88. The molecule has 1 saturated heterocycles. The van der Waals surface area contributed by atoms with Gasteiger partial charge in [-0.1, -0.05) is 27.2 Å². The molecule has 0 bridgehead atoms. The van der Waals surface area contributed by atoms with Crippen LogP contribution in [0.1, 0.15) is 53.4 Å². The first kappa shape index (κ1) is 16.9. The highest BCUT2D eigenvalue weighted by Gasteiger charge is 2.25. The van der Waals surface area contributed by atoms with Crippen LogP contribution in [0.5, 0.6) is 0 Å². The molecule has 1 aliphatic rings. The fourth-order valence-corrected chi connectivity index (χ4v) is 2.96. The van der Waals surface area contributed by atoms with E-state index in [0.29, 0.717) is 12.1 Å². The van der Waals surface area contributed by atoms with E-state index in [2.05, 4.69) is 37.9 Å². The average Bonchev–Trinajstić information content (AvgIpc) is 2.38. The molecule has 3 nitrogen and oxygen atoms in total. The van der Waals surface area contributed by atoms with Crippen LogP contribution in [0.3, 0.4) is 0 Å². The van der Waals surface area contributed by atoms with Crippen LogP contribution in [0.15, 0.2) is 0 Å². The summed E-state index contributed by atoms with van der Waals surface area (Å²) >= 11 is 0. The molecule has 0 spiro atoms. The smallest absolute Gasteiger partial charge is 0.0702 e. The predicted octanol–water partition coefficient (Wildman–Crippen LogP) is 2.90. The molecule has 2 atom stereocenters. The molecule has 0 aromatic carbocycles.